The van der Waals surface area contributed by atoms with Crippen LogP contribution in [-0.4, -0.2) is 17.7 Å². The summed E-state index contributed by atoms with van der Waals surface area (Å²) < 4.78 is 5.15. The Bertz CT molecular complexity index is 355. The van der Waals surface area contributed by atoms with Gasteiger partial charge in [-0.05, 0) is 42.9 Å². The summed E-state index contributed by atoms with van der Waals surface area (Å²) in [5.74, 6) is 0.752. The van der Waals surface area contributed by atoms with Gasteiger partial charge in [0.1, 0.15) is 5.75 Å². The van der Waals surface area contributed by atoms with E-state index in [1.54, 1.807) is 12.1 Å². The van der Waals surface area contributed by atoms with Crippen molar-refractivity contribution in [3.8, 4) is 5.75 Å². The van der Waals surface area contributed by atoms with Gasteiger partial charge in [0, 0.05) is 6.42 Å². The Kier molecular flexibility index (Phi) is 6.26. The Morgan fingerprint density at radius 1 is 1.28 bits per heavy atom. The summed E-state index contributed by atoms with van der Waals surface area (Å²) in [6.07, 6.45) is 3.07. The van der Waals surface area contributed by atoms with E-state index in [1.807, 2.05) is 12.1 Å². The monoisotopic (exact) mass is 250 g/mol. The van der Waals surface area contributed by atoms with Crippen LogP contribution in [0.2, 0.25) is 0 Å². The van der Waals surface area contributed by atoms with Gasteiger partial charge >= 0.3 is 5.97 Å². The molecule has 0 radical (unpaired) electrons. The number of carbonyl (C=O) groups is 1. The molecule has 3 heteroatoms. The minimum absolute atomic E-state index is 0.146. The Balaban J connectivity index is 2.15. The van der Waals surface area contributed by atoms with Crippen LogP contribution in [0.5, 0.6) is 5.75 Å². The number of benzene rings is 1. The summed E-state index contributed by atoms with van der Waals surface area (Å²) >= 11 is 0. The summed E-state index contributed by atoms with van der Waals surface area (Å²) in [6.45, 7) is 4.84. The lowest BCUT2D eigenvalue weighted by Crippen LogP contribution is -2.07. The third-order valence-corrected chi connectivity index (χ3v) is 2.74. The van der Waals surface area contributed by atoms with Gasteiger partial charge in [0.05, 0.1) is 6.61 Å². The Hall–Kier alpha value is -1.51. The van der Waals surface area contributed by atoms with Crippen molar-refractivity contribution >= 4 is 5.97 Å². The molecule has 1 rings (SSSR count). The number of phenolic OH excluding ortho intramolecular Hbond substituents is 1. The second-order valence-corrected chi connectivity index (χ2v) is 4.92. The van der Waals surface area contributed by atoms with Crippen LogP contribution < -0.4 is 0 Å². The van der Waals surface area contributed by atoms with E-state index in [4.69, 9.17) is 9.84 Å². The third kappa shape index (κ3) is 6.28. The van der Waals surface area contributed by atoms with Crippen LogP contribution in [0.1, 0.15) is 38.7 Å². The first-order chi connectivity index (χ1) is 8.58. The molecule has 0 amide bonds. The van der Waals surface area contributed by atoms with Crippen molar-refractivity contribution in [2.75, 3.05) is 6.61 Å². The van der Waals surface area contributed by atoms with E-state index in [2.05, 4.69) is 13.8 Å². The number of aromatic hydroxyl groups is 1. The van der Waals surface area contributed by atoms with Crippen LogP contribution in [0, 0.1) is 5.92 Å². The fraction of sp³-hybridized carbons (Fsp3) is 0.533. The molecule has 0 unspecified atom stereocenters. The van der Waals surface area contributed by atoms with E-state index < -0.39 is 0 Å². The Morgan fingerprint density at radius 2 is 1.94 bits per heavy atom. The highest BCUT2D eigenvalue weighted by molar-refractivity contribution is 5.69. The largest absolute Gasteiger partial charge is 0.508 e. The van der Waals surface area contributed by atoms with E-state index in [-0.39, 0.29) is 11.7 Å². The highest BCUT2D eigenvalue weighted by Crippen LogP contribution is 2.11. The lowest BCUT2D eigenvalue weighted by atomic mass is 10.1. The van der Waals surface area contributed by atoms with Crippen LogP contribution in [0.25, 0.3) is 0 Å². The van der Waals surface area contributed by atoms with E-state index >= 15 is 0 Å². The summed E-state index contributed by atoms with van der Waals surface area (Å²) in [5, 5.41) is 9.13. The molecule has 0 saturated carbocycles. The van der Waals surface area contributed by atoms with Crippen LogP contribution in [0.3, 0.4) is 0 Å². The first kappa shape index (κ1) is 14.6. The molecule has 0 aliphatic carbocycles. The molecular weight excluding hydrogens is 228 g/mol. The van der Waals surface area contributed by atoms with Crippen molar-refractivity contribution in [3.05, 3.63) is 29.8 Å². The predicted molar refractivity (Wildman–Crippen MR) is 71.5 cm³/mol. The van der Waals surface area contributed by atoms with E-state index in [0.717, 1.165) is 18.4 Å². The van der Waals surface area contributed by atoms with Crippen LogP contribution in [0.4, 0.5) is 0 Å². The fourth-order valence-corrected chi connectivity index (χ4v) is 1.66. The quantitative estimate of drug-likeness (QED) is 0.596. The minimum atomic E-state index is -0.146. The van der Waals surface area contributed by atoms with Crippen LogP contribution in [-0.2, 0) is 16.0 Å². The average Bonchev–Trinajstić information content (AvgIpc) is 2.34. The van der Waals surface area contributed by atoms with E-state index in [0.29, 0.717) is 25.4 Å². The molecule has 1 N–H and O–H groups in total. The molecule has 100 valence electrons. The zero-order chi connectivity index (χ0) is 13.4. The number of carbonyl (C=O) groups excluding carboxylic acids is 1. The standard InChI is InChI=1S/C15H22O3/c1-12(2)4-3-11-18-15(17)10-7-13-5-8-14(16)9-6-13/h5-6,8-9,12,16H,3-4,7,10-11H2,1-2H3. The highest BCUT2D eigenvalue weighted by atomic mass is 16.5. The topological polar surface area (TPSA) is 46.5 Å². The number of hydrogen-bond acceptors (Lipinski definition) is 3. The van der Waals surface area contributed by atoms with Gasteiger partial charge in [-0.2, -0.15) is 0 Å². The molecule has 0 saturated heterocycles. The van der Waals surface area contributed by atoms with Gasteiger partial charge in [-0.1, -0.05) is 26.0 Å². The maximum absolute atomic E-state index is 11.5. The smallest absolute Gasteiger partial charge is 0.306 e. The molecule has 0 bridgehead atoms. The van der Waals surface area contributed by atoms with E-state index in [1.165, 1.54) is 0 Å². The van der Waals surface area contributed by atoms with Crippen molar-refractivity contribution in [3.63, 3.8) is 0 Å². The molecule has 0 aromatic heterocycles. The Labute approximate surface area is 109 Å². The molecule has 0 spiro atoms. The second-order valence-electron chi connectivity index (χ2n) is 4.92. The normalized spacial score (nSPS) is 10.6. The molecule has 0 heterocycles. The number of esters is 1. The summed E-state index contributed by atoms with van der Waals surface area (Å²) in [5.41, 5.74) is 1.03. The predicted octanol–water partition coefficient (Wildman–Crippen LogP) is 3.30. The zero-order valence-electron chi connectivity index (χ0n) is 11.2. The molecule has 0 atom stereocenters. The molecule has 1 aromatic carbocycles. The van der Waals surface area contributed by atoms with Gasteiger partial charge in [-0.3, -0.25) is 4.79 Å². The average molecular weight is 250 g/mol. The lowest BCUT2D eigenvalue weighted by Gasteiger charge is -2.06. The summed E-state index contributed by atoms with van der Waals surface area (Å²) in [7, 11) is 0. The third-order valence-electron chi connectivity index (χ3n) is 2.74. The number of ether oxygens (including phenoxy) is 1. The molecule has 3 nitrogen and oxygen atoms in total. The van der Waals surface area contributed by atoms with Gasteiger partial charge in [-0.25, -0.2) is 0 Å². The van der Waals surface area contributed by atoms with Gasteiger partial charge in [-0.15, -0.1) is 0 Å². The number of phenols is 1. The first-order valence-electron chi connectivity index (χ1n) is 6.51. The first-order valence-corrected chi connectivity index (χ1v) is 6.51. The van der Waals surface area contributed by atoms with Gasteiger partial charge < -0.3 is 9.84 Å². The maximum Gasteiger partial charge on any atom is 0.306 e. The SMILES string of the molecule is CC(C)CCCOC(=O)CCc1ccc(O)cc1. The molecule has 0 fully saturated rings. The molecule has 1 aromatic rings. The van der Waals surface area contributed by atoms with Crippen molar-refractivity contribution < 1.29 is 14.6 Å². The number of aryl methyl sites for hydroxylation is 1. The maximum atomic E-state index is 11.5. The van der Waals surface area contributed by atoms with Crippen LogP contribution >= 0.6 is 0 Å². The fourth-order valence-electron chi connectivity index (χ4n) is 1.66. The van der Waals surface area contributed by atoms with Crippen LogP contribution in [0.15, 0.2) is 24.3 Å². The summed E-state index contributed by atoms with van der Waals surface area (Å²) in [6, 6.07) is 6.90. The van der Waals surface area contributed by atoms with Gasteiger partial charge in [0.15, 0.2) is 0 Å². The Morgan fingerprint density at radius 3 is 2.56 bits per heavy atom. The van der Waals surface area contributed by atoms with Gasteiger partial charge in [0.25, 0.3) is 0 Å². The van der Waals surface area contributed by atoms with Crippen molar-refractivity contribution in [1.29, 1.82) is 0 Å². The number of rotatable bonds is 7. The minimum Gasteiger partial charge on any atom is -0.508 e. The number of hydrogen-bond donors (Lipinski definition) is 1. The molecular formula is C15H22O3. The van der Waals surface area contributed by atoms with E-state index in [9.17, 15) is 4.79 Å². The lowest BCUT2D eigenvalue weighted by molar-refractivity contribution is -0.143. The molecule has 0 aliphatic rings. The van der Waals surface area contributed by atoms with Gasteiger partial charge in [0.2, 0.25) is 0 Å². The molecule has 0 aliphatic heterocycles. The van der Waals surface area contributed by atoms with Crippen molar-refractivity contribution in [1.82, 2.24) is 0 Å². The van der Waals surface area contributed by atoms with Crippen molar-refractivity contribution in [2.45, 2.75) is 39.5 Å². The second kappa shape index (κ2) is 7.75. The highest BCUT2D eigenvalue weighted by Gasteiger charge is 2.04. The molecule has 18 heavy (non-hydrogen) atoms. The summed E-state index contributed by atoms with van der Waals surface area (Å²) in [4.78, 5) is 11.5. The zero-order valence-corrected chi connectivity index (χ0v) is 11.2. The van der Waals surface area contributed by atoms with Crippen molar-refractivity contribution in [2.24, 2.45) is 5.92 Å².